The zero-order chi connectivity index (χ0) is 9.07. The first kappa shape index (κ1) is 11.4. The molecule has 0 aliphatic heterocycles. The average molecular weight is 172 g/mol. The molecule has 0 amide bonds. The topological polar surface area (TPSA) is 38.7 Å². The molecule has 0 aromatic rings. The molecule has 3 nitrogen and oxygen atoms in total. The molecule has 0 rings (SSSR count). The number of rotatable bonds is 7. The summed E-state index contributed by atoms with van der Waals surface area (Å²) in [6, 6.07) is 0. The zero-order valence-electron chi connectivity index (χ0n) is 7.51. The van der Waals surface area contributed by atoms with Crippen LogP contribution in [0, 0.1) is 11.8 Å². The molecule has 0 saturated heterocycles. The van der Waals surface area contributed by atoms with Gasteiger partial charge in [-0.2, -0.15) is 0 Å². The molecule has 0 spiro atoms. The van der Waals surface area contributed by atoms with Crippen LogP contribution in [0.15, 0.2) is 0 Å². The molecule has 0 radical (unpaired) electrons. The van der Waals surface area contributed by atoms with Gasteiger partial charge in [0.2, 0.25) is 0 Å². The van der Waals surface area contributed by atoms with Gasteiger partial charge in [-0.25, -0.2) is 0 Å². The smallest absolute Gasteiger partial charge is 0.0701 e. The van der Waals surface area contributed by atoms with Crippen molar-refractivity contribution >= 4 is 0 Å². The number of hydrogen-bond donors (Lipinski definition) is 1. The van der Waals surface area contributed by atoms with Crippen LogP contribution in [-0.2, 0) is 9.47 Å². The Hall–Kier alpha value is -0.560. The molecular weight excluding hydrogens is 156 g/mol. The van der Waals surface area contributed by atoms with E-state index >= 15 is 0 Å². The summed E-state index contributed by atoms with van der Waals surface area (Å²) < 4.78 is 10.2. The monoisotopic (exact) mass is 172 g/mol. The summed E-state index contributed by atoms with van der Waals surface area (Å²) in [6.45, 7) is 4.04. The van der Waals surface area contributed by atoms with Gasteiger partial charge in [-0.3, -0.25) is 0 Å². The van der Waals surface area contributed by atoms with Gasteiger partial charge in [0.25, 0.3) is 0 Å². The predicted octanol–water partition coefficient (Wildman–Crippen LogP) is 0.425. The molecule has 0 aromatic heterocycles. The van der Waals surface area contributed by atoms with E-state index in [1.165, 1.54) is 0 Å². The van der Waals surface area contributed by atoms with Gasteiger partial charge in [0, 0.05) is 6.42 Å². The second kappa shape index (κ2) is 10.4. The molecule has 0 fully saturated rings. The Kier molecular flexibility index (Phi) is 9.95. The molecule has 0 saturated carbocycles. The van der Waals surface area contributed by atoms with Crippen LogP contribution in [0.1, 0.15) is 13.3 Å². The third kappa shape index (κ3) is 9.44. The van der Waals surface area contributed by atoms with E-state index in [1.807, 2.05) is 6.92 Å². The molecule has 0 bridgehead atoms. The Balaban J connectivity index is 2.84. The zero-order valence-corrected chi connectivity index (χ0v) is 7.51. The minimum Gasteiger partial charge on any atom is -0.394 e. The highest BCUT2D eigenvalue weighted by molar-refractivity contribution is 4.94. The first-order chi connectivity index (χ1) is 5.91. The van der Waals surface area contributed by atoms with Crippen molar-refractivity contribution in [1.29, 1.82) is 0 Å². The van der Waals surface area contributed by atoms with E-state index < -0.39 is 0 Å². The summed E-state index contributed by atoms with van der Waals surface area (Å²) in [5.74, 6) is 5.68. The molecule has 0 unspecified atom stereocenters. The molecule has 0 aromatic carbocycles. The van der Waals surface area contributed by atoms with E-state index in [9.17, 15) is 0 Å². The van der Waals surface area contributed by atoms with Crippen molar-refractivity contribution in [3.05, 3.63) is 0 Å². The summed E-state index contributed by atoms with van der Waals surface area (Å²) in [5.41, 5.74) is 0. The third-order valence-corrected chi connectivity index (χ3v) is 1.16. The quantitative estimate of drug-likeness (QED) is 0.447. The van der Waals surface area contributed by atoms with E-state index in [0.717, 1.165) is 6.42 Å². The van der Waals surface area contributed by atoms with Crippen LogP contribution in [0.4, 0.5) is 0 Å². The van der Waals surface area contributed by atoms with Crippen LogP contribution in [0.5, 0.6) is 0 Å². The lowest BCUT2D eigenvalue weighted by molar-refractivity contribution is 0.0348. The summed E-state index contributed by atoms with van der Waals surface area (Å²) >= 11 is 0. The maximum absolute atomic E-state index is 8.35. The fourth-order valence-electron chi connectivity index (χ4n) is 0.635. The molecule has 0 aliphatic carbocycles. The first-order valence-corrected chi connectivity index (χ1v) is 4.07. The second-order valence-corrected chi connectivity index (χ2v) is 2.13. The molecule has 0 aliphatic rings. The van der Waals surface area contributed by atoms with E-state index in [2.05, 4.69) is 11.8 Å². The molecule has 0 atom stereocenters. The minimum atomic E-state index is 0.0707. The van der Waals surface area contributed by atoms with Gasteiger partial charge in [0.1, 0.15) is 0 Å². The standard InChI is InChI=1S/C9H16O3/c1-2-3-4-6-11-8-9-12-7-5-10/h10H,4-9H2,1H3. The number of aliphatic hydroxyl groups is 1. The Labute approximate surface area is 73.7 Å². The van der Waals surface area contributed by atoms with Crippen LogP contribution >= 0.6 is 0 Å². The second-order valence-electron chi connectivity index (χ2n) is 2.13. The van der Waals surface area contributed by atoms with Crippen LogP contribution in [-0.4, -0.2) is 38.1 Å². The Morgan fingerprint density at radius 3 is 2.33 bits per heavy atom. The SMILES string of the molecule is CC#CCCOCCOCCO. The molecule has 1 N–H and O–H groups in total. The van der Waals surface area contributed by atoms with Crippen molar-refractivity contribution in [3.63, 3.8) is 0 Å². The van der Waals surface area contributed by atoms with Crippen molar-refractivity contribution in [2.75, 3.05) is 33.0 Å². The van der Waals surface area contributed by atoms with Gasteiger partial charge < -0.3 is 14.6 Å². The number of hydrogen-bond acceptors (Lipinski definition) is 3. The maximum atomic E-state index is 8.35. The van der Waals surface area contributed by atoms with Gasteiger partial charge >= 0.3 is 0 Å². The van der Waals surface area contributed by atoms with Crippen molar-refractivity contribution in [1.82, 2.24) is 0 Å². The van der Waals surface area contributed by atoms with Gasteiger partial charge in [-0.1, -0.05) is 0 Å². The van der Waals surface area contributed by atoms with Gasteiger partial charge in [-0.05, 0) is 6.92 Å². The summed E-state index contributed by atoms with van der Waals surface area (Å²) in [5, 5.41) is 8.35. The largest absolute Gasteiger partial charge is 0.394 e. The average Bonchev–Trinajstić information content (AvgIpc) is 2.10. The summed E-state index contributed by atoms with van der Waals surface area (Å²) in [7, 11) is 0. The van der Waals surface area contributed by atoms with E-state index in [-0.39, 0.29) is 6.61 Å². The lowest BCUT2D eigenvalue weighted by atomic mass is 10.4. The molecular formula is C9H16O3. The predicted molar refractivity (Wildman–Crippen MR) is 46.8 cm³/mol. The highest BCUT2D eigenvalue weighted by Gasteiger charge is 1.87. The number of ether oxygens (including phenoxy) is 2. The minimum absolute atomic E-state index is 0.0707. The lowest BCUT2D eigenvalue weighted by Crippen LogP contribution is -2.07. The van der Waals surface area contributed by atoms with Crippen molar-refractivity contribution in [2.45, 2.75) is 13.3 Å². The molecule has 70 valence electrons. The van der Waals surface area contributed by atoms with Crippen LogP contribution in [0.25, 0.3) is 0 Å². The molecule has 3 heteroatoms. The van der Waals surface area contributed by atoms with Crippen LogP contribution in [0.2, 0.25) is 0 Å². The fourth-order valence-corrected chi connectivity index (χ4v) is 0.635. The van der Waals surface area contributed by atoms with Gasteiger partial charge in [-0.15, -0.1) is 11.8 Å². The summed E-state index contributed by atoms with van der Waals surface area (Å²) in [6.07, 6.45) is 0.774. The summed E-state index contributed by atoms with van der Waals surface area (Å²) in [4.78, 5) is 0. The first-order valence-electron chi connectivity index (χ1n) is 4.07. The van der Waals surface area contributed by atoms with Gasteiger partial charge in [0.05, 0.1) is 33.0 Å². The lowest BCUT2D eigenvalue weighted by Gasteiger charge is -2.01. The Bertz CT molecular complexity index is 134. The maximum Gasteiger partial charge on any atom is 0.0701 e. The Morgan fingerprint density at radius 1 is 1.08 bits per heavy atom. The van der Waals surface area contributed by atoms with E-state index in [0.29, 0.717) is 26.4 Å². The van der Waals surface area contributed by atoms with Crippen molar-refractivity contribution in [2.24, 2.45) is 0 Å². The highest BCUT2D eigenvalue weighted by Crippen LogP contribution is 1.81. The fraction of sp³-hybridized carbons (Fsp3) is 0.778. The van der Waals surface area contributed by atoms with Gasteiger partial charge in [0.15, 0.2) is 0 Å². The van der Waals surface area contributed by atoms with Crippen molar-refractivity contribution < 1.29 is 14.6 Å². The number of aliphatic hydroxyl groups excluding tert-OH is 1. The molecule has 0 heterocycles. The molecule has 12 heavy (non-hydrogen) atoms. The van der Waals surface area contributed by atoms with Crippen LogP contribution in [0.3, 0.4) is 0 Å². The van der Waals surface area contributed by atoms with E-state index in [4.69, 9.17) is 14.6 Å². The van der Waals surface area contributed by atoms with Crippen LogP contribution < -0.4 is 0 Å². The third-order valence-electron chi connectivity index (χ3n) is 1.16. The Morgan fingerprint density at radius 2 is 1.75 bits per heavy atom. The normalized spacial score (nSPS) is 9.17. The van der Waals surface area contributed by atoms with Crippen molar-refractivity contribution in [3.8, 4) is 11.8 Å². The highest BCUT2D eigenvalue weighted by atomic mass is 16.5. The van der Waals surface area contributed by atoms with E-state index in [1.54, 1.807) is 0 Å².